The molecule has 2 N–H and O–H groups in total. The highest BCUT2D eigenvalue weighted by molar-refractivity contribution is 4.99. The van der Waals surface area contributed by atoms with Gasteiger partial charge >= 0.3 is 0 Å². The van der Waals surface area contributed by atoms with Gasteiger partial charge in [0.05, 0.1) is 0 Å². The highest BCUT2D eigenvalue weighted by Gasteiger charge is 2.41. The molecule has 1 unspecified atom stereocenters. The van der Waals surface area contributed by atoms with Crippen LogP contribution in [0.5, 0.6) is 0 Å². The smallest absolute Gasteiger partial charge is 0.0331 e. The average Bonchev–Trinajstić information content (AvgIpc) is 2.45. The van der Waals surface area contributed by atoms with E-state index in [9.17, 15) is 0 Å². The van der Waals surface area contributed by atoms with Crippen LogP contribution in [0.25, 0.3) is 0 Å². The molecule has 0 spiro atoms. The molecule has 16 heavy (non-hydrogen) atoms. The summed E-state index contributed by atoms with van der Waals surface area (Å²) in [5.74, 6) is 0.991. The van der Waals surface area contributed by atoms with Gasteiger partial charge in [0.15, 0.2) is 0 Å². The highest BCUT2D eigenvalue weighted by Crippen LogP contribution is 2.38. The van der Waals surface area contributed by atoms with Crippen molar-refractivity contribution >= 4 is 0 Å². The molecule has 0 radical (unpaired) electrons. The van der Waals surface area contributed by atoms with Gasteiger partial charge in [0, 0.05) is 12.1 Å². The maximum atomic E-state index is 6.00. The molecule has 1 heterocycles. The monoisotopic (exact) mass is 224 g/mol. The lowest BCUT2D eigenvalue weighted by Gasteiger charge is -2.49. The first-order chi connectivity index (χ1) is 7.80. The van der Waals surface area contributed by atoms with Gasteiger partial charge in [-0.15, -0.1) is 0 Å². The fraction of sp³-hybridized carbons (Fsp3) is 1.00. The summed E-state index contributed by atoms with van der Waals surface area (Å²) in [6.07, 6.45) is 11.1. The SMILES string of the molecule is CCCC1CCCN(C2(CN)CCC2)CC1. The summed E-state index contributed by atoms with van der Waals surface area (Å²) in [5.41, 5.74) is 6.42. The fourth-order valence-corrected chi connectivity index (χ4v) is 3.57. The molecule has 0 amide bonds. The van der Waals surface area contributed by atoms with Crippen LogP contribution in [0, 0.1) is 5.92 Å². The topological polar surface area (TPSA) is 29.3 Å². The van der Waals surface area contributed by atoms with E-state index in [-0.39, 0.29) is 0 Å². The van der Waals surface area contributed by atoms with E-state index < -0.39 is 0 Å². The van der Waals surface area contributed by atoms with Gasteiger partial charge in [0.1, 0.15) is 0 Å². The molecule has 0 bridgehead atoms. The first kappa shape index (κ1) is 12.4. The Morgan fingerprint density at radius 1 is 1.19 bits per heavy atom. The number of nitrogens with two attached hydrogens (primary N) is 1. The summed E-state index contributed by atoms with van der Waals surface area (Å²) < 4.78 is 0. The van der Waals surface area contributed by atoms with Crippen molar-refractivity contribution in [3.8, 4) is 0 Å². The van der Waals surface area contributed by atoms with Crippen LogP contribution in [0.4, 0.5) is 0 Å². The molecule has 0 aromatic rings. The van der Waals surface area contributed by atoms with Crippen LogP contribution in [0.3, 0.4) is 0 Å². The molecule has 0 aromatic carbocycles. The van der Waals surface area contributed by atoms with Gasteiger partial charge in [-0.05, 0) is 57.5 Å². The standard InChI is InChI=1S/C14H28N2/c1-2-5-13-6-3-10-16(11-7-13)14(12-15)8-4-9-14/h13H,2-12,15H2,1H3. The van der Waals surface area contributed by atoms with E-state index in [4.69, 9.17) is 5.73 Å². The molecule has 1 saturated carbocycles. The third-order valence-corrected chi connectivity index (χ3v) is 4.88. The van der Waals surface area contributed by atoms with Crippen LogP contribution in [0.1, 0.15) is 58.3 Å². The number of likely N-dealkylation sites (tertiary alicyclic amines) is 1. The largest absolute Gasteiger partial charge is 0.329 e. The van der Waals surface area contributed by atoms with Crippen molar-refractivity contribution in [2.75, 3.05) is 19.6 Å². The second-order valence-electron chi connectivity index (χ2n) is 5.85. The van der Waals surface area contributed by atoms with Gasteiger partial charge in [-0.25, -0.2) is 0 Å². The van der Waals surface area contributed by atoms with E-state index in [1.807, 2.05) is 0 Å². The summed E-state index contributed by atoms with van der Waals surface area (Å²) in [4.78, 5) is 2.73. The third-order valence-electron chi connectivity index (χ3n) is 4.88. The first-order valence-corrected chi connectivity index (χ1v) is 7.26. The Hall–Kier alpha value is -0.0800. The van der Waals surface area contributed by atoms with Crippen molar-refractivity contribution in [2.24, 2.45) is 11.7 Å². The molecule has 2 aliphatic rings. The summed E-state index contributed by atoms with van der Waals surface area (Å²) in [5, 5.41) is 0. The van der Waals surface area contributed by atoms with Gasteiger partial charge in [-0.1, -0.05) is 19.8 Å². The second kappa shape index (κ2) is 5.50. The molecule has 2 heteroatoms. The van der Waals surface area contributed by atoms with Gasteiger partial charge in [-0.3, -0.25) is 4.90 Å². The zero-order valence-corrected chi connectivity index (χ0v) is 10.9. The minimum absolute atomic E-state index is 0.418. The maximum Gasteiger partial charge on any atom is 0.0331 e. The zero-order valence-electron chi connectivity index (χ0n) is 10.9. The van der Waals surface area contributed by atoms with E-state index in [1.165, 1.54) is 64.5 Å². The summed E-state index contributed by atoms with van der Waals surface area (Å²) in [6, 6.07) is 0. The Kier molecular flexibility index (Phi) is 4.26. The highest BCUT2D eigenvalue weighted by atomic mass is 15.2. The Morgan fingerprint density at radius 3 is 2.56 bits per heavy atom. The Labute approximate surface area is 101 Å². The van der Waals surface area contributed by atoms with Crippen molar-refractivity contribution in [3.63, 3.8) is 0 Å². The van der Waals surface area contributed by atoms with Gasteiger partial charge in [-0.2, -0.15) is 0 Å². The minimum atomic E-state index is 0.418. The average molecular weight is 224 g/mol. The molecule has 0 aromatic heterocycles. The number of rotatable bonds is 4. The van der Waals surface area contributed by atoms with Crippen LogP contribution in [-0.4, -0.2) is 30.1 Å². The fourth-order valence-electron chi connectivity index (χ4n) is 3.57. The van der Waals surface area contributed by atoms with Crippen LogP contribution in [-0.2, 0) is 0 Å². The predicted molar refractivity (Wildman–Crippen MR) is 69.5 cm³/mol. The molecule has 2 nitrogen and oxygen atoms in total. The Bertz CT molecular complexity index is 205. The molecule has 2 fully saturated rings. The van der Waals surface area contributed by atoms with Crippen molar-refractivity contribution in [3.05, 3.63) is 0 Å². The maximum absolute atomic E-state index is 6.00. The lowest BCUT2D eigenvalue weighted by Crippen LogP contribution is -2.58. The zero-order chi connectivity index (χ0) is 11.4. The van der Waals surface area contributed by atoms with Crippen molar-refractivity contribution in [2.45, 2.75) is 63.8 Å². The Balaban J connectivity index is 1.88. The Morgan fingerprint density at radius 2 is 2.00 bits per heavy atom. The van der Waals surface area contributed by atoms with Crippen LogP contribution >= 0.6 is 0 Å². The summed E-state index contributed by atoms with van der Waals surface area (Å²) in [6.45, 7) is 5.81. The van der Waals surface area contributed by atoms with E-state index in [1.54, 1.807) is 0 Å². The molecule has 1 aliphatic carbocycles. The molecular weight excluding hydrogens is 196 g/mol. The lowest BCUT2D eigenvalue weighted by molar-refractivity contribution is 0.0254. The van der Waals surface area contributed by atoms with Crippen molar-refractivity contribution in [1.29, 1.82) is 0 Å². The quantitative estimate of drug-likeness (QED) is 0.795. The third kappa shape index (κ3) is 2.43. The summed E-state index contributed by atoms with van der Waals surface area (Å²) >= 11 is 0. The van der Waals surface area contributed by atoms with E-state index >= 15 is 0 Å². The van der Waals surface area contributed by atoms with Gasteiger partial charge < -0.3 is 5.73 Å². The van der Waals surface area contributed by atoms with E-state index in [0.717, 1.165) is 12.5 Å². The van der Waals surface area contributed by atoms with E-state index in [0.29, 0.717) is 5.54 Å². The van der Waals surface area contributed by atoms with Crippen LogP contribution < -0.4 is 5.73 Å². The van der Waals surface area contributed by atoms with E-state index in [2.05, 4.69) is 11.8 Å². The first-order valence-electron chi connectivity index (χ1n) is 7.26. The minimum Gasteiger partial charge on any atom is -0.329 e. The molecule has 1 saturated heterocycles. The normalized spacial score (nSPS) is 30.8. The predicted octanol–water partition coefficient (Wildman–Crippen LogP) is 2.77. The van der Waals surface area contributed by atoms with Gasteiger partial charge in [0.2, 0.25) is 0 Å². The molecular formula is C14H28N2. The molecule has 1 atom stereocenters. The number of hydrogen-bond donors (Lipinski definition) is 1. The van der Waals surface area contributed by atoms with Gasteiger partial charge in [0.25, 0.3) is 0 Å². The summed E-state index contributed by atoms with van der Waals surface area (Å²) in [7, 11) is 0. The van der Waals surface area contributed by atoms with Crippen LogP contribution in [0.2, 0.25) is 0 Å². The number of hydrogen-bond acceptors (Lipinski definition) is 2. The molecule has 94 valence electrons. The van der Waals surface area contributed by atoms with Crippen molar-refractivity contribution in [1.82, 2.24) is 4.90 Å². The number of nitrogens with zero attached hydrogens (tertiary/aromatic N) is 1. The molecule has 2 rings (SSSR count). The van der Waals surface area contributed by atoms with Crippen molar-refractivity contribution < 1.29 is 0 Å². The lowest BCUT2D eigenvalue weighted by atomic mass is 9.75. The second-order valence-corrected chi connectivity index (χ2v) is 5.85. The molecule has 1 aliphatic heterocycles. The van der Waals surface area contributed by atoms with Crippen LogP contribution in [0.15, 0.2) is 0 Å².